The van der Waals surface area contributed by atoms with Crippen molar-refractivity contribution in [2.45, 2.75) is 31.8 Å². The molecule has 0 saturated heterocycles. The maximum Gasteiger partial charge on any atom is 0.257 e. The number of amides is 1. The molecule has 3 aliphatic rings. The Bertz CT molecular complexity index is 943. The Kier molecular flexibility index (Phi) is 4.73. The standard InChI is InChI=1S/C19H21N3O4S/c23-19(14-8-9-18-21-27(24,25)11-10-22(18)13-14)20-15-4-3-7-17(12-15)26-16-5-1-2-6-16/h3-4,7-9,12-13,16H,1-2,5-6,10-11H2,(H,20,23). The number of hydrogen-bond donors (Lipinski definition) is 1. The fourth-order valence-electron chi connectivity index (χ4n) is 3.38. The Morgan fingerprint density at radius 1 is 1.22 bits per heavy atom. The lowest BCUT2D eigenvalue weighted by atomic mass is 10.1. The van der Waals surface area contributed by atoms with Gasteiger partial charge in [0.1, 0.15) is 11.6 Å². The minimum Gasteiger partial charge on any atom is -0.490 e. The third kappa shape index (κ3) is 4.21. The van der Waals surface area contributed by atoms with Crippen LogP contribution in [-0.4, -0.2) is 43.5 Å². The van der Waals surface area contributed by atoms with Crippen LogP contribution in [0.2, 0.25) is 0 Å². The van der Waals surface area contributed by atoms with Crippen LogP contribution in [0.5, 0.6) is 5.75 Å². The van der Waals surface area contributed by atoms with E-state index in [2.05, 4.69) is 9.71 Å². The van der Waals surface area contributed by atoms with E-state index in [1.807, 2.05) is 24.3 Å². The average molecular weight is 387 g/mol. The van der Waals surface area contributed by atoms with Gasteiger partial charge in [0, 0.05) is 24.5 Å². The van der Waals surface area contributed by atoms with Gasteiger partial charge < -0.3 is 15.0 Å². The molecule has 1 N–H and O–H groups in total. The summed E-state index contributed by atoms with van der Waals surface area (Å²) in [5.74, 6) is 0.765. The maximum atomic E-state index is 12.6. The topological polar surface area (TPSA) is 88.1 Å². The first-order valence-corrected chi connectivity index (χ1v) is 10.7. The first-order chi connectivity index (χ1) is 13.0. The van der Waals surface area contributed by atoms with Gasteiger partial charge in [-0.25, -0.2) is 8.42 Å². The second-order valence-electron chi connectivity index (χ2n) is 6.85. The Labute approximate surface area is 158 Å². The van der Waals surface area contributed by atoms with E-state index < -0.39 is 10.0 Å². The van der Waals surface area contributed by atoms with Crippen LogP contribution >= 0.6 is 0 Å². The fraction of sp³-hybridized carbons (Fsp3) is 0.368. The van der Waals surface area contributed by atoms with Gasteiger partial charge in [-0.15, -0.1) is 4.40 Å². The Hall–Kier alpha value is -2.61. The normalized spacial score (nSPS) is 21.3. The van der Waals surface area contributed by atoms with Gasteiger partial charge in [-0.3, -0.25) is 4.79 Å². The molecule has 1 aromatic rings. The zero-order chi connectivity index (χ0) is 18.9. The van der Waals surface area contributed by atoms with Crippen molar-refractivity contribution < 1.29 is 17.9 Å². The highest BCUT2D eigenvalue weighted by Gasteiger charge is 2.25. The van der Waals surface area contributed by atoms with Crippen LogP contribution in [-0.2, 0) is 14.8 Å². The van der Waals surface area contributed by atoms with Crippen molar-refractivity contribution >= 4 is 27.5 Å². The number of sulfonamides is 1. The molecule has 2 aliphatic heterocycles. The van der Waals surface area contributed by atoms with Gasteiger partial charge in [-0.05, 0) is 50.0 Å². The summed E-state index contributed by atoms with van der Waals surface area (Å²) in [4.78, 5) is 14.2. The third-order valence-corrected chi connectivity index (χ3v) is 5.95. The third-order valence-electron chi connectivity index (χ3n) is 4.78. The van der Waals surface area contributed by atoms with E-state index in [4.69, 9.17) is 4.74 Å². The van der Waals surface area contributed by atoms with Gasteiger partial charge in [-0.1, -0.05) is 6.07 Å². The Balaban J connectivity index is 1.44. The van der Waals surface area contributed by atoms with Crippen molar-refractivity contribution in [3.63, 3.8) is 0 Å². The number of nitrogens with zero attached hydrogens (tertiary/aromatic N) is 2. The molecular weight excluding hydrogens is 366 g/mol. The highest BCUT2D eigenvalue weighted by atomic mass is 32.2. The second-order valence-corrected chi connectivity index (χ2v) is 8.61. The monoisotopic (exact) mass is 387 g/mol. The molecule has 0 spiro atoms. The van der Waals surface area contributed by atoms with E-state index in [9.17, 15) is 13.2 Å². The number of fused-ring (bicyclic) bond motifs is 1. The number of rotatable bonds is 4. The zero-order valence-corrected chi connectivity index (χ0v) is 15.6. The molecule has 8 heteroatoms. The summed E-state index contributed by atoms with van der Waals surface area (Å²) in [7, 11) is -3.40. The van der Waals surface area contributed by atoms with Gasteiger partial charge in [0.2, 0.25) is 0 Å². The number of benzene rings is 1. The molecule has 4 rings (SSSR count). The van der Waals surface area contributed by atoms with Crippen molar-refractivity contribution in [3.05, 3.63) is 48.2 Å². The molecule has 0 unspecified atom stereocenters. The van der Waals surface area contributed by atoms with Crippen LogP contribution in [0.15, 0.2) is 52.6 Å². The lowest BCUT2D eigenvalue weighted by Crippen LogP contribution is -2.37. The van der Waals surface area contributed by atoms with Gasteiger partial charge in [0.15, 0.2) is 0 Å². The minimum absolute atomic E-state index is 0.0592. The number of anilines is 1. The number of nitrogens with one attached hydrogen (secondary N) is 1. The van der Waals surface area contributed by atoms with Crippen LogP contribution < -0.4 is 10.1 Å². The molecule has 0 radical (unpaired) electrons. The first-order valence-electron chi connectivity index (χ1n) is 9.06. The molecule has 1 aliphatic carbocycles. The van der Waals surface area contributed by atoms with Gasteiger partial charge in [-0.2, -0.15) is 0 Å². The van der Waals surface area contributed by atoms with Gasteiger partial charge >= 0.3 is 0 Å². The number of carbonyl (C=O) groups excluding carboxylic acids is 1. The summed E-state index contributed by atoms with van der Waals surface area (Å²) in [6.45, 7) is 0.285. The average Bonchev–Trinajstić information content (AvgIpc) is 3.14. The quantitative estimate of drug-likeness (QED) is 0.857. The molecule has 2 heterocycles. The van der Waals surface area contributed by atoms with Crippen LogP contribution in [0.1, 0.15) is 25.7 Å². The van der Waals surface area contributed by atoms with E-state index >= 15 is 0 Å². The van der Waals surface area contributed by atoms with Crippen molar-refractivity contribution in [2.75, 3.05) is 17.6 Å². The Morgan fingerprint density at radius 2 is 2.04 bits per heavy atom. The lowest BCUT2D eigenvalue weighted by Gasteiger charge is -2.27. The molecule has 1 amide bonds. The molecule has 0 bridgehead atoms. The van der Waals surface area contributed by atoms with Crippen LogP contribution in [0, 0.1) is 0 Å². The predicted molar refractivity (Wildman–Crippen MR) is 103 cm³/mol. The summed E-state index contributed by atoms with van der Waals surface area (Å²) in [6, 6.07) is 7.38. The first kappa shape index (κ1) is 17.8. The van der Waals surface area contributed by atoms with E-state index in [-0.39, 0.29) is 24.3 Å². The van der Waals surface area contributed by atoms with Gasteiger partial charge in [0.25, 0.3) is 15.9 Å². The highest BCUT2D eigenvalue weighted by Crippen LogP contribution is 2.26. The van der Waals surface area contributed by atoms with Crippen LogP contribution in [0.3, 0.4) is 0 Å². The molecule has 1 saturated carbocycles. The number of hydrogen-bond acceptors (Lipinski definition) is 5. The lowest BCUT2D eigenvalue weighted by molar-refractivity contribution is -0.112. The summed E-state index contributed by atoms with van der Waals surface area (Å²) in [5, 5.41) is 2.87. The summed E-state index contributed by atoms with van der Waals surface area (Å²) < 4.78 is 32.8. The van der Waals surface area contributed by atoms with Crippen molar-refractivity contribution in [1.82, 2.24) is 4.90 Å². The molecule has 0 aromatic heterocycles. The summed E-state index contributed by atoms with van der Waals surface area (Å²) in [5.41, 5.74) is 1.10. The van der Waals surface area contributed by atoms with E-state index in [1.165, 1.54) is 12.8 Å². The SMILES string of the molecule is O=C(Nc1cccc(OC2CCCC2)c1)C1=CN2CCS(=O)(=O)N=C2C=C1. The molecule has 27 heavy (non-hydrogen) atoms. The minimum atomic E-state index is -3.40. The summed E-state index contributed by atoms with van der Waals surface area (Å²) in [6.07, 6.45) is 9.55. The smallest absolute Gasteiger partial charge is 0.257 e. The predicted octanol–water partition coefficient (Wildman–Crippen LogP) is 2.44. The van der Waals surface area contributed by atoms with Gasteiger partial charge in [0.05, 0.1) is 17.4 Å². The van der Waals surface area contributed by atoms with Crippen molar-refractivity contribution in [1.29, 1.82) is 0 Å². The molecule has 0 atom stereocenters. The van der Waals surface area contributed by atoms with E-state index in [0.717, 1.165) is 18.6 Å². The molecule has 1 aromatic carbocycles. The number of amidine groups is 1. The molecule has 1 fully saturated rings. The summed E-state index contributed by atoms with van der Waals surface area (Å²) >= 11 is 0. The number of carbonyl (C=O) groups is 1. The van der Waals surface area contributed by atoms with E-state index in [1.54, 1.807) is 23.3 Å². The van der Waals surface area contributed by atoms with Crippen LogP contribution in [0.25, 0.3) is 0 Å². The van der Waals surface area contributed by atoms with Crippen molar-refractivity contribution in [2.24, 2.45) is 4.40 Å². The van der Waals surface area contributed by atoms with Crippen LogP contribution in [0.4, 0.5) is 5.69 Å². The highest BCUT2D eigenvalue weighted by molar-refractivity contribution is 7.90. The molecular formula is C19H21N3O4S. The molecule has 7 nitrogen and oxygen atoms in total. The second kappa shape index (κ2) is 7.19. The molecule has 142 valence electrons. The van der Waals surface area contributed by atoms with Crippen molar-refractivity contribution in [3.8, 4) is 5.75 Å². The Morgan fingerprint density at radius 3 is 2.85 bits per heavy atom. The number of ether oxygens (including phenoxy) is 1. The van der Waals surface area contributed by atoms with E-state index in [0.29, 0.717) is 17.1 Å². The zero-order valence-electron chi connectivity index (χ0n) is 14.8. The maximum absolute atomic E-state index is 12.6. The fourth-order valence-corrected chi connectivity index (χ4v) is 4.35. The largest absolute Gasteiger partial charge is 0.490 e.